The maximum Gasteiger partial charge on any atom is 0.414 e. The van der Waals surface area contributed by atoms with Crippen LogP contribution in [-0.4, -0.2) is 55.3 Å². The van der Waals surface area contributed by atoms with E-state index in [-0.39, 0.29) is 6.09 Å². The number of hydrogen-bond donors (Lipinski definition) is 0. The summed E-state index contributed by atoms with van der Waals surface area (Å²) in [7, 11) is 4.00. The number of carbonyl (C=O) groups is 1. The van der Waals surface area contributed by atoms with E-state index >= 15 is 0 Å². The van der Waals surface area contributed by atoms with Crippen molar-refractivity contribution in [3.05, 3.63) is 34.9 Å². The summed E-state index contributed by atoms with van der Waals surface area (Å²) < 4.78 is 11.4. The number of likely N-dealkylation sites (N-methyl/N-ethyl adjacent to an activating group) is 1. The van der Waals surface area contributed by atoms with E-state index in [1.807, 2.05) is 47.0 Å². The van der Waals surface area contributed by atoms with E-state index in [2.05, 4.69) is 17.9 Å². The molecule has 0 bridgehead atoms. The summed E-state index contributed by atoms with van der Waals surface area (Å²) in [5.41, 5.74) is 1.14. The van der Waals surface area contributed by atoms with Crippen LogP contribution in [0, 0.1) is 5.92 Å². The number of allylic oxidation sites excluding steroid dienone is 1. The summed E-state index contributed by atoms with van der Waals surface area (Å²) in [5.74, 6) is 1.07. The molecule has 1 aromatic carbocycles. The molecule has 0 spiro atoms. The minimum atomic E-state index is -0.544. The number of amides is 1. The summed E-state index contributed by atoms with van der Waals surface area (Å²) in [5, 5.41) is 0.580. The average molecular weight is 395 g/mol. The van der Waals surface area contributed by atoms with Gasteiger partial charge >= 0.3 is 6.09 Å². The van der Waals surface area contributed by atoms with Crippen LogP contribution in [0.15, 0.2) is 24.3 Å². The fourth-order valence-electron chi connectivity index (χ4n) is 2.81. The fourth-order valence-corrected chi connectivity index (χ4v) is 3.04. The van der Waals surface area contributed by atoms with Crippen molar-refractivity contribution < 1.29 is 14.3 Å². The second-order valence-electron chi connectivity index (χ2n) is 8.35. The van der Waals surface area contributed by atoms with Gasteiger partial charge in [-0.05, 0) is 65.4 Å². The van der Waals surface area contributed by atoms with Crippen LogP contribution in [0.5, 0.6) is 5.75 Å². The van der Waals surface area contributed by atoms with Crippen LogP contribution in [0.3, 0.4) is 0 Å². The highest BCUT2D eigenvalue weighted by atomic mass is 35.5. The molecule has 1 atom stereocenters. The first-order valence-corrected chi connectivity index (χ1v) is 9.72. The molecule has 27 heavy (non-hydrogen) atoms. The third kappa shape index (κ3) is 6.74. The Hall–Kier alpha value is -1.72. The Bertz CT molecular complexity index is 695. The summed E-state index contributed by atoms with van der Waals surface area (Å²) in [4.78, 5) is 16.5. The van der Waals surface area contributed by atoms with Crippen LogP contribution in [0.2, 0.25) is 5.02 Å². The van der Waals surface area contributed by atoms with Crippen molar-refractivity contribution in [2.45, 2.75) is 39.7 Å². The standard InChI is InChI=1S/C21H31ClN2O3/c1-15-7-8-19(24(14-15)20(25)27-21(2,3)4)16-11-17(22)13-18(12-16)26-10-9-23(5)6/h8,11-13,15H,7,9-10,14H2,1-6H3/t15-/m0/s1. The summed E-state index contributed by atoms with van der Waals surface area (Å²) in [6.07, 6.45) is 2.64. The SMILES string of the molecule is C[C@H]1CC=C(c2cc(Cl)cc(OCCN(C)C)c2)N(C(=O)OC(C)(C)C)C1. The second-order valence-corrected chi connectivity index (χ2v) is 8.78. The number of ether oxygens (including phenoxy) is 2. The van der Waals surface area contributed by atoms with Crippen LogP contribution >= 0.6 is 11.6 Å². The largest absolute Gasteiger partial charge is 0.492 e. The van der Waals surface area contributed by atoms with Crippen LogP contribution < -0.4 is 4.74 Å². The van der Waals surface area contributed by atoms with Crippen molar-refractivity contribution in [3.8, 4) is 5.75 Å². The lowest BCUT2D eigenvalue weighted by Crippen LogP contribution is -2.39. The number of halogens is 1. The van der Waals surface area contributed by atoms with Gasteiger partial charge in [-0.2, -0.15) is 0 Å². The molecule has 2 rings (SSSR count). The van der Waals surface area contributed by atoms with E-state index < -0.39 is 5.60 Å². The van der Waals surface area contributed by atoms with Gasteiger partial charge in [-0.15, -0.1) is 0 Å². The minimum Gasteiger partial charge on any atom is -0.492 e. The maximum absolute atomic E-state index is 12.8. The Balaban J connectivity index is 2.27. The van der Waals surface area contributed by atoms with E-state index in [1.165, 1.54) is 0 Å². The van der Waals surface area contributed by atoms with Gasteiger partial charge in [-0.25, -0.2) is 4.79 Å². The highest BCUT2D eigenvalue weighted by Gasteiger charge is 2.29. The van der Waals surface area contributed by atoms with Crippen molar-refractivity contribution in [2.24, 2.45) is 5.92 Å². The van der Waals surface area contributed by atoms with Gasteiger partial charge in [0.2, 0.25) is 0 Å². The summed E-state index contributed by atoms with van der Waals surface area (Å²) >= 11 is 6.32. The summed E-state index contributed by atoms with van der Waals surface area (Å²) in [6, 6.07) is 5.59. The third-order valence-corrected chi connectivity index (χ3v) is 4.31. The van der Waals surface area contributed by atoms with Crippen LogP contribution in [0.4, 0.5) is 4.79 Å². The summed E-state index contributed by atoms with van der Waals surface area (Å²) in [6.45, 7) is 9.74. The molecule has 1 aromatic rings. The van der Waals surface area contributed by atoms with Crippen molar-refractivity contribution >= 4 is 23.4 Å². The Morgan fingerprint density at radius 3 is 2.63 bits per heavy atom. The van der Waals surface area contributed by atoms with Gasteiger partial charge in [0, 0.05) is 23.7 Å². The molecule has 6 heteroatoms. The average Bonchev–Trinajstić information content (AvgIpc) is 2.52. The van der Waals surface area contributed by atoms with Gasteiger partial charge in [-0.3, -0.25) is 4.90 Å². The number of rotatable bonds is 5. The number of carbonyl (C=O) groups excluding carboxylic acids is 1. The minimum absolute atomic E-state index is 0.338. The molecule has 150 valence electrons. The lowest BCUT2D eigenvalue weighted by Gasteiger charge is -2.34. The lowest BCUT2D eigenvalue weighted by molar-refractivity contribution is 0.0327. The van der Waals surface area contributed by atoms with Crippen molar-refractivity contribution in [3.63, 3.8) is 0 Å². The Morgan fingerprint density at radius 1 is 1.30 bits per heavy atom. The molecule has 0 aromatic heterocycles. The molecule has 1 heterocycles. The van der Waals surface area contributed by atoms with Gasteiger partial charge < -0.3 is 14.4 Å². The fraction of sp³-hybridized carbons (Fsp3) is 0.571. The van der Waals surface area contributed by atoms with Crippen LogP contribution in [0.25, 0.3) is 5.70 Å². The van der Waals surface area contributed by atoms with Gasteiger partial charge in [0.1, 0.15) is 18.0 Å². The number of nitrogens with zero attached hydrogens (tertiary/aromatic N) is 2. The highest BCUT2D eigenvalue weighted by Crippen LogP contribution is 2.33. The maximum atomic E-state index is 12.8. The first-order valence-electron chi connectivity index (χ1n) is 9.34. The van der Waals surface area contributed by atoms with Gasteiger partial charge in [0.25, 0.3) is 0 Å². The molecule has 0 saturated carbocycles. The van der Waals surface area contributed by atoms with Crippen LogP contribution in [-0.2, 0) is 4.74 Å². The zero-order valence-corrected chi connectivity index (χ0v) is 18.0. The van der Waals surface area contributed by atoms with Crippen LogP contribution in [0.1, 0.15) is 39.7 Å². The van der Waals surface area contributed by atoms with E-state index in [0.717, 1.165) is 24.2 Å². The molecule has 1 aliphatic heterocycles. The van der Waals surface area contributed by atoms with E-state index in [4.69, 9.17) is 21.1 Å². The monoisotopic (exact) mass is 394 g/mol. The molecule has 0 fully saturated rings. The first-order chi connectivity index (χ1) is 12.5. The number of benzene rings is 1. The molecule has 5 nitrogen and oxygen atoms in total. The molecule has 0 radical (unpaired) electrons. The Kier molecular flexibility index (Phi) is 7.18. The van der Waals surface area contributed by atoms with Gasteiger partial charge in [-0.1, -0.05) is 24.6 Å². The molecular weight excluding hydrogens is 364 g/mol. The quantitative estimate of drug-likeness (QED) is 0.712. The highest BCUT2D eigenvalue weighted by molar-refractivity contribution is 6.30. The lowest BCUT2D eigenvalue weighted by atomic mass is 9.98. The van der Waals surface area contributed by atoms with Crippen molar-refractivity contribution in [1.29, 1.82) is 0 Å². The molecule has 1 aliphatic rings. The van der Waals surface area contributed by atoms with Crippen molar-refractivity contribution in [2.75, 3.05) is 33.8 Å². The van der Waals surface area contributed by atoms with Crippen molar-refractivity contribution in [1.82, 2.24) is 9.80 Å². The smallest absolute Gasteiger partial charge is 0.414 e. The van der Waals surface area contributed by atoms with E-state index in [1.54, 1.807) is 11.0 Å². The topological polar surface area (TPSA) is 42.0 Å². The number of hydrogen-bond acceptors (Lipinski definition) is 4. The molecule has 1 amide bonds. The van der Waals surface area contributed by atoms with E-state index in [0.29, 0.717) is 29.8 Å². The second kappa shape index (κ2) is 8.98. The van der Waals surface area contributed by atoms with E-state index in [9.17, 15) is 4.79 Å². The molecule has 0 aliphatic carbocycles. The predicted octanol–water partition coefficient (Wildman–Crippen LogP) is 4.90. The van der Waals surface area contributed by atoms with Gasteiger partial charge in [0.15, 0.2) is 0 Å². The third-order valence-electron chi connectivity index (χ3n) is 4.09. The zero-order valence-electron chi connectivity index (χ0n) is 17.2. The Morgan fingerprint density at radius 2 is 2.00 bits per heavy atom. The molecule has 0 N–H and O–H groups in total. The molecular formula is C21H31ClN2O3. The Labute approximate surface area is 167 Å². The predicted molar refractivity (Wildman–Crippen MR) is 110 cm³/mol. The molecule has 0 saturated heterocycles. The zero-order chi connectivity index (χ0) is 20.2. The molecule has 0 unspecified atom stereocenters. The first kappa shape index (κ1) is 21.6. The van der Waals surface area contributed by atoms with Gasteiger partial charge in [0.05, 0.1) is 5.70 Å². The normalized spacial score (nSPS) is 17.7.